The summed E-state index contributed by atoms with van der Waals surface area (Å²) in [5.41, 5.74) is 3.47. The number of anilines is 1. The average molecular weight is 332 g/mol. The lowest BCUT2D eigenvalue weighted by molar-refractivity contribution is 0.122. The molecule has 0 amide bonds. The molecule has 0 bridgehead atoms. The van der Waals surface area contributed by atoms with Gasteiger partial charge in [-0.05, 0) is 48.5 Å². The van der Waals surface area contributed by atoms with Crippen molar-refractivity contribution in [2.24, 2.45) is 0 Å². The zero-order valence-electron chi connectivity index (χ0n) is 13.6. The van der Waals surface area contributed by atoms with Crippen LogP contribution in [0.15, 0.2) is 53.1 Å². The number of hydrogen-bond donors (Lipinski definition) is 0. The first-order valence-corrected chi connectivity index (χ1v) is 8.11. The van der Waals surface area contributed by atoms with Gasteiger partial charge in [0.1, 0.15) is 0 Å². The Morgan fingerprint density at radius 2 is 1.60 bits per heavy atom. The van der Waals surface area contributed by atoms with Gasteiger partial charge in [0.2, 0.25) is 5.82 Å². The standard InChI is InChI=1S/C19H16N4O2/c20-13-14-1-3-16(4-2-14)19-21-18(22-25-19)15-5-7-17(8-6-15)23-9-11-24-12-10-23/h1-8H,9-12H2. The van der Waals surface area contributed by atoms with E-state index in [0.29, 0.717) is 17.3 Å². The topological polar surface area (TPSA) is 75.2 Å². The summed E-state index contributed by atoms with van der Waals surface area (Å²) in [6, 6.07) is 17.3. The molecule has 0 aliphatic carbocycles. The van der Waals surface area contributed by atoms with Crippen molar-refractivity contribution in [1.82, 2.24) is 10.1 Å². The number of nitriles is 1. The predicted octanol–water partition coefficient (Wildman–Crippen LogP) is 3.11. The first-order valence-electron chi connectivity index (χ1n) is 8.11. The second-order valence-electron chi connectivity index (χ2n) is 5.76. The van der Waals surface area contributed by atoms with Crippen LogP contribution in [0.1, 0.15) is 5.56 Å². The van der Waals surface area contributed by atoms with Crippen molar-refractivity contribution in [3.8, 4) is 28.9 Å². The first-order chi connectivity index (χ1) is 12.3. The van der Waals surface area contributed by atoms with Gasteiger partial charge in [0.05, 0.1) is 24.8 Å². The van der Waals surface area contributed by atoms with Crippen molar-refractivity contribution in [3.63, 3.8) is 0 Å². The van der Waals surface area contributed by atoms with E-state index in [1.807, 2.05) is 12.1 Å². The van der Waals surface area contributed by atoms with E-state index in [9.17, 15) is 0 Å². The van der Waals surface area contributed by atoms with Crippen LogP contribution in [0.5, 0.6) is 0 Å². The minimum Gasteiger partial charge on any atom is -0.378 e. The number of ether oxygens (including phenoxy) is 1. The summed E-state index contributed by atoms with van der Waals surface area (Å²) in [6.07, 6.45) is 0. The molecule has 0 radical (unpaired) electrons. The van der Waals surface area contributed by atoms with E-state index in [1.54, 1.807) is 24.3 Å². The summed E-state index contributed by atoms with van der Waals surface area (Å²) in [4.78, 5) is 6.75. The predicted molar refractivity (Wildman–Crippen MR) is 92.9 cm³/mol. The van der Waals surface area contributed by atoms with E-state index >= 15 is 0 Å². The number of hydrogen-bond acceptors (Lipinski definition) is 6. The van der Waals surface area contributed by atoms with Gasteiger partial charge in [-0.25, -0.2) is 0 Å². The van der Waals surface area contributed by atoms with Crippen molar-refractivity contribution >= 4 is 5.69 Å². The summed E-state index contributed by atoms with van der Waals surface area (Å²) in [6.45, 7) is 3.34. The number of benzene rings is 2. The third kappa shape index (κ3) is 3.23. The molecule has 1 fully saturated rings. The summed E-state index contributed by atoms with van der Waals surface area (Å²) >= 11 is 0. The van der Waals surface area contributed by atoms with Crippen molar-refractivity contribution in [1.29, 1.82) is 5.26 Å². The van der Waals surface area contributed by atoms with Crippen LogP contribution in [0.4, 0.5) is 5.69 Å². The van der Waals surface area contributed by atoms with Gasteiger partial charge in [0.15, 0.2) is 0 Å². The van der Waals surface area contributed by atoms with Crippen LogP contribution in [0, 0.1) is 11.3 Å². The summed E-state index contributed by atoms with van der Waals surface area (Å²) in [7, 11) is 0. The SMILES string of the molecule is N#Cc1ccc(-c2nc(-c3ccc(N4CCOCC4)cc3)no2)cc1. The van der Waals surface area contributed by atoms with Crippen LogP contribution >= 0.6 is 0 Å². The molecule has 25 heavy (non-hydrogen) atoms. The largest absolute Gasteiger partial charge is 0.378 e. The third-order valence-electron chi connectivity index (χ3n) is 4.19. The van der Waals surface area contributed by atoms with Crippen LogP contribution in [0.3, 0.4) is 0 Å². The van der Waals surface area contributed by atoms with Crippen LogP contribution in [-0.2, 0) is 4.74 Å². The highest BCUT2D eigenvalue weighted by Gasteiger charge is 2.13. The molecule has 0 unspecified atom stereocenters. The number of aromatic nitrogens is 2. The smallest absolute Gasteiger partial charge is 0.258 e. The van der Waals surface area contributed by atoms with Crippen molar-refractivity contribution < 1.29 is 9.26 Å². The molecule has 1 saturated heterocycles. The summed E-state index contributed by atoms with van der Waals surface area (Å²) in [5.74, 6) is 0.990. The first kappa shape index (κ1) is 15.4. The van der Waals surface area contributed by atoms with E-state index in [2.05, 4.69) is 33.2 Å². The Hall–Kier alpha value is -3.17. The quantitative estimate of drug-likeness (QED) is 0.733. The maximum Gasteiger partial charge on any atom is 0.258 e. The lowest BCUT2D eigenvalue weighted by Crippen LogP contribution is -2.36. The molecule has 1 aromatic heterocycles. The van der Waals surface area contributed by atoms with E-state index in [0.717, 1.165) is 37.4 Å². The Kier molecular flexibility index (Phi) is 4.15. The van der Waals surface area contributed by atoms with Crippen molar-refractivity contribution in [2.45, 2.75) is 0 Å². The Labute approximate surface area is 145 Å². The van der Waals surface area contributed by atoms with Crippen LogP contribution in [0.2, 0.25) is 0 Å². The zero-order valence-corrected chi connectivity index (χ0v) is 13.6. The molecular weight excluding hydrogens is 316 g/mol. The molecule has 124 valence electrons. The maximum atomic E-state index is 8.86. The Bertz CT molecular complexity index is 888. The molecule has 1 aliphatic rings. The second kappa shape index (κ2) is 6.75. The highest BCUT2D eigenvalue weighted by atomic mass is 16.5. The maximum absolute atomic E-state index is 8.86. The average Bonchev–Trinajstić information content (AvgIpc) is 3.19. The van der Waals surface area contributed by atoms with Gasteiger partial charge in [-0.3, -0.25) is 0 Å². The van der Waals surface area contributed by atoms with E-state index in [1.165, 1.54) is 5.69 Å². The van der Waals surface area contributed by atoms with Gasteiger partial charge in [0, 0.05) is 29.9 Å². The molecule has 0 saturated carbocycles. The van der Waals surface area contributed by atoms with Crippen LogP contribution < -0.4 is 4.90 Å². The van der Waals surface area contributed by atoms with Gasteiger partial charge >= 0.3 is 0 Å². The van der Waals surface area contributed by atoms with E-state index in [-0.39, 0.29) is 0 Å². The van der Waals surface area contributed by atoms with Gasteiger partial charge < -0.3 is 14.2 Å². The van der Waals surface area contributed by atoms with Gasteiger partial charge in [-0.2, -0.15) is 10.2 Å². The van der Waals surface area contributed by atoms with Crippen LogP contribution in [0.25, 0.3) is 22.8 Å². The Balaban J connectivity index is 1.54. The number of nitrogens with zero attached hydrogens (tertiary/aromatic N) is 4. The Morgan fingerprint density at radius 3 is 2.28 bits per heavy atom. The normalized spacial score (nSPS) is 14.3. The highest BCUT2D eigenvalue weighted by Crippen LogP contribution is 2.25. The Morgan fingerprint density at radius 1 is 0.920 bits per heavy atom. The minimum absolute atomic E-state index is 0.441. The fourth-order valence-electron chi connectivity index (χ4n) is 2.79. The molecule has 4 rings (SSSR count). The molecule has 0 atom stereocenters. The lowest BCUT2D eigenvalue weighted by atomic mass is 10.1. The van der Waals surface area contributed by atoms with Gasteiger partial charge in [-0.15, -0.1) is 0 Å². The van der Waals surface area contributed by atoms with Gasteiger partial charge in [-0.1, -0.05) is 5.16 Å². The monoisotopic (exact) mass is 332 g/mol. The fraction of sp³-hybridized carbons (Fsp3) is 0.211. The molecule has 2 heterocycles. The number of rotatable bonds is 3. The lowest BCUT2D eigenvalue weighted by Gasteiger charge is -2.28. The minimum atomic E-state index is 0.441. The highest BCUT2D eigenvalue weighted by molar-refractivity contribution is 5.63. The molecule has 0 N–H and O–H groups in total. The molecular formula is C19H16N4O2. The van der Waals surface area contributed by atoms with E-state index < -0.39 is 0 Å². The molecule has 1 aliphatic heterocycles. The zero-order chi connectivity index (χ0) is 17.1. The molecule has 6 nitrogen and oxygen atoms in total. The van der Waals surface area contributed by atoms with E-state index in [4.69, 9.17) is 14.5 Å². The molecule has 3 aromatic rings. The summed E-state index contributed by atoms with van der Waals surface area (Å²) < 4.78 is 10.7. The third-order valence-corrected chi connectivity index (χ3v) is 4.19. The molecule has 0 spiro atoms. The van der Waals surface area contributed by atoms with Crippen LogP contribution in [-0.4, -0.2) is 36.4 Å². The number of morpholine rings is 1. The van der Waals surface area contributed by atoms with Gasteiger partial charge in [0.25, 0.3) is 5.89 Å². The van der Waals surface area contributed by atoms with Crippen molar-refractivity contribution in [2.75, 3.05) is 31.2 Å². The summed E-state index contributed by atoms with van der Waals surface area (Å²) in [5, 5.41) is 12.9. The molecule has 2 aromatic carbocycles. The fourth-order valence-corrected chi connectivity index (χ4v) is 2.79. The second-order valence-corrected chi connectivity index (χ2v) is 5.76. The molecule has 6 heteroatoms. The van der Waals surface area contributed by atoms with Crippen molar-refractivity contribution in [3.05, 3.63) is 54.1 Å².